The maximum atomic E-state index is 13.7. The van der Waals surface area contributed by atoms with Crippen LogP contribution in [0.4, 0.5) is 4.39 Å². The standard InChI is InChI=1S/C13H17FN2O2/c1-18-10-5-4-9(11(14)7-10)8-16-12-3-2-6-15-13(12)17/h4-5,7,12,16H,2-3,6,8H2,1H3,(H,15,17). The second kappa shape index (κ2) is 5.82. The Morgan fingerprint density at radius 3 is 3.06 bits per heavy atom. The van der Waals surface area contributed by atoms with Gasteiger partial charge in [-0.1, -0.05) is 6.07 Å². The number of amides is 1. The van der Waals surface area contributed by atoms with Gasteiger partial charge in [0.1, 0.15) is 11.6 Å². The summed E-state index contributed by atoms with van der Waals surface area (Å²) < 4.78 is 18.6. The Bertz CT molecular complexity index is 437. The molecule has 1 amide bonds. The minimum absolute atomic E-state index is 0.00447. The lowest BCUT2D eigenvalue weighted by Gasteiger charge is -2.23. The molecular formula is C13H17FN2O2. The number of hydrogen-bond acceptors (Lipinski definition) is 3. The second-order valence-corrected chi connectivity index (χ2v) is 4.32. The molecule has 18 heavy (non-hydrogen) atoms. The van der Waals surface area contributed by atoms with Gasteiger partial charge in [0.2, 0.25) is 5.91 Å². The number of piperidine rings is 1. The van der Waals surface area contributed by atoms with Gasteiger partial charge in [-0.3, -0.25) is 4.79 Å². The van der Waals surface area contributed by atoms with Crippen molar-refractivity contribution in [2.75, 3.05) is 13.7 Å². The molecular weight excluding hydrogens is 235 g/mol. The molecule has 1 unspecified atom stereocenters. The van der Waals surface area contributed by atoms with Crippen molar-refractivity contribution >= 4 is 5.91 Å². The fraction of sp³-hybridized carbons (Fsp3) is 0.462. The number of benzene rings is 1. The molecule has 0 radical (unpaired) electrons. The van der Waals surface area contributed by atoms with Crippen molar-refractivity contribution in [3.63, 3.8) is 0 Å². The minimum atomic E-state index is -0.321. The Balaban J connectivity index is 1.95. The van der Waals surface area contributed by atoms with Crippen molar-refractivity contribution in [3.8, 4) is 5.75 Å². The predicted molar refractivity (Wildman–Crippen MR) is 65.8 cm³/mol. The Morgan fingerprint density at radius 1 is 1.56 bits per heavy atom. The highest BCUT2D eigenvalue weighted by Gasteiger charge is 2.21. The number of carbonyl (C=O) groups is 1. The molecule has 0 spiro atoms. The van der Waals surface area contributed by atoms with Gasteiger partial charge < -0.3 is 15.4 Å². The summed E-state index contributed by atoms with van der Waals surface area (Å²) in [7, 11) is 1.50. The Hall–Kier alpha value is -1.62. The third kappa shape index (κ3) is 2.98. The van der Waals surface area contributed by atoms with E-state index < -0.39 is 0 Å². The zero-order valence-electron chi connectivity index (χ0n) is 10.3. The molecule has 4 nitrogen and oxygen atoms in total. The molecule has 1 saturated heterocycles. The fourth-order valence-corrected chi connectivity index (χ4v) is 2.00. The van der Waals surface area contributed by atoms with Gasteiger partial charge in [-0.25, -0.2) is 4.39 Å². The van der Waals surface area contributed by atoms with E-state index in [1.54, 1.807) is 12.1 Å². The molecule has 2 rings (SSSR count). The fourth-order valence-electron chi connectivity index (χ4n) is 2.00. The highest BCUT2D eigenvalue weighted by molar-refractivity contribution is 5.82. The first-order valence-electron chi connectivity index (χ1n) is 6.04. The average molecular weight is 252 g/mol. The van der Waals surface area contributed by atoms with E-state index in [0.717, 1.165) is 19.4 Å². The van der Waals surface area contributed by atoms with Crippen LogP contribution in [0.3, 0.4) is 0 Å². The van der Waals surface area contributed by atoms with Crippen molar-refractivity contribution in [1.82, 2.24) is 10.6 Å². The largest absolute Gasteiger partial charge is 0.497 e. The summed E-state index contributed by atoms with van der Waals surface area (Å²) in [5.41, 5.74) is 0.536. The second-order valence-electron chi connectivity index (χ2n) is 4.32. The first-order chi connectivity index (χ1) is 8.70. The summed E-state index contributed by atoms with van der Waals surface area (Å²) in [5.74, 6) is 0.167. The molecule has 1 aliphatic heterocycles. The molecule has 5 heteroatoms. The van der Waals surface area contributed by atoms with Crippen LogP contribution < -0.4 is 15.4 Å². The molecule has 0 aromatic heterocycles. The zero-order valence-corrected chi connectivity index (χ0v) is 10.3. The van der Waals surface area contributed by atoms with Crippen LogP contribution in [0, 0.1) is 5.82 Å². The topological polar surface area (TPSA) is 50.4 Å². The van der Waals surface area contributed by atoms with E-state index in [1.807, 2.05) is 0 Å². The number of hydrogen-bond donors (Lipinski definition) is 2. The Kier molecular flexibility index (Phi) is 4.15. The normalized spacial score (nSPS) is 19.4. The minimum Gasteiger partial charge on any atom is -0.497 e. The van der Waals surface area contributed by atoms with Gasteiger partial charge in [0.15, 0.2) is 0 Å². The van der Waals surface area contributed by atoms with Gasteiger partial charge in [-0.15, -0.1) is 0 Å². The molecule has 0 bridgehead atoms. The van der Waals surface area contributed by atoms with Gasteiger partial charge in [0.05, 0.1) is 13.2 Å². The number of nitrogens with one attached hydrogen (secondary N) is 2. The molecule has 1 fully saturated rings. The lowest BCUT2D eigenvalue weighted by atomic mass is 10.1. The summed E-state index contributed by atoms with van der Waals surface area (Å²) in [6.45, 7) is 1.07. The SMILES string of the molecule is COc1ccc(CNC2CCCNC2=O)c(F)c1. The Morgan fingerprint density at radius 2 is 2.39 bits per heavy atom. The van der Waals surface area contributed by atoms with Crippen molar-refractivity contribution in [2.24, 2.45) is 0 Å². The molecule has 1 aliphatic rings. The van der Waals surface area contributed by atoms with Gasteiger partial charge in [0.25, 0.3) is 0 Å². The number of ether oxygens (including phenoxy) is 1. The van der Waals surface area contributed by atoms with E-state index in [2.05, 4.69) is 10.6 Å². The predicted octanol–water partition coefficient (Wildman–Crippen LogP) is 1.20. The van der Waals surface area contributed by atoms with Crippen LogP contribution in [-0.4, -0.2) is 25.6 Å². The first kappa shape index (κ1) is 12.8. The molecule has 1 heterocycles. The number of carbonyl (C=O) groups excluding carboxylic acids is 1. The van der Waals surface area contributed by atoms with Gasteiger partial charge in [-0.05, 0) is 18.9 Å². The van der Waals surface area contributed by atoms with Crippen LogP contribution in [0.5, 0.6) is 5.75 Å². The van der Waals surface area contributed by atoms with Crippen LogP contribution in [0.1, 0.15) is 18.4 Å². The zero-order chi connectivity index (χ0) is 13.0. The maximum absolute atomic E-state index is 13.7. The van der Waals surface area contributed by atoms with E-state index >= 15 is 0 Å². The summed E-state index contributed by atoms with van der Waals surface area (Å²) >= 11 is 0. The quantitative estimate of drug-likeness (QED) is 0.846. The van der Waals surface area contributed by atoms with Crippen LogP contribution in [-0.2, 0) is 11.3 Å². The van der Waals surface area contributed by atoms with Crippen LogP contribution in [0.25, 0.3) is 0 Å². The number of halogens is 1. The molecule has 0 aliphatic carbocycles. The molecule has 98 valence electrons. The van der Waals surface area contributed by atoms with Crippen molar-refractivity contribution in [3.05, 3.63) is 29.6 Å². The number of methoxy groups -OCH3 is 1. The molecule has 1 atom stereocenters. The monoisotopic (exact) mass is 252 g/mol. The van der Waals surface area contributed by atoms with Crippen molar-refractivity contribution in [2.45, 2.75) is 25.4 Å². The summed E-state index contributed by atoms with van der Waals surface area (Å²) in [5, 5.41) is 5.86. The highest BCUT2D eigenvalue weighted by atomic mass is 19.1. The Labute approximate surface area is 106 Å². The van der Waals surface area contributed by atoms with Crippen LogP contribution in [0.15, 0.2) is 18.2 Å². The smallest absolute Gasteiger partial charge is 0.237 e. The lowest BCUT2D eigenvalue weighted by Crippen LogP contribution is -2.47. The van der Waals surface area contributed by atoms with E-state index in [0.29, 0.717) is 17.9 Å². The van der Waals surface area contributed by atoms with E-state index in [1.165, 1.54) is 13.2 Å². The highest BCUT2D eigenvalue weighted by Crippen LogP contribution is 2.16. The average Bonchev–Trinajstić information content (AvgIpc) is 2.39. The van der Waals surface area contributed by atoms with E-state index in [4.69, 9.17) is 4.74 Å². The van der Waals surface area contributed by atoms with Crippen LogP contribution >= 0.6 is 0 Å². The molecule has 2 N–H and O–H groups in total. The summed E-state index contributed by atoms with van der Waals surface area (Å²) in [4.78, 5) is 11.5. The van der Waals surface area contributed by atoms with Crippen LogP contribution in [0.2, 0.25) is 0 Å². The number of rotatable bonds is 4. The third-order valence-corrected chi connectivity index (χ3v) is 3.08. The lowest BCUT2D eigenvalue weighted by molar-refractivity contribution is -0.124. The van der Waals surface area contributed by atoms with Gasteiger partial charge in [-0.2, -0.15) is 0 Å². The molecule has 0 saturated carbocycles. The third-order valence-electron chi connectivity index (χ3n) is 3.08. The van der Waals surface area contributed by atoms with Gasteiger partial charge >= 0.3 is 0 Å². The van der Waals surface area contributed by atoms with E-state index in [9.17, 15) is 9.18 Å². The van der Waals surface area contributed by atoms with Gasteiger partial charge in [0, 0.05) is 24.7 Å². The summed E-state index contributed by atoms with van der Waals surface area (Å²) in [6.07, 6.45) is 1.75. The first-order valence-corrected chi connectivity index (χ1v) is 6.04. The molecule has 1 aromatic rings. The molecule has 1 aromatic carbocycles. The maximum Gasteiger partial charge on any atom is 0.237 e. The van der Waals surface area contributed by atoms with E-state index in [-0.39, 0.29) is 17.8 Å². The summed E-state index contributed by atoms with van der Waals surface area (Å²) in [6, 6.07) is 4.50. The van der Waals surface area contributed by atoms with Crippen molar-refractivity contribution < 1.29 is 13.9 Å². The van der Waals surface area contributed by atoms with Crippen molar-refractivity contribution in [1.29, 1.82) is 0 Å².